The van der Waals surface area contributed by atoms with Crippen molar-refractivity contribution < 1.29 is 31.1 Å². The molecule has 0 atom stereocenters. The van der Waals surface area contributed by atoms with E-state index in [0.717, 1.165) is 5.56 Å². The second-order valence-corrected chi connectivity index (χ2v) is 5.35. The van der Waals surface area contributed by atoms with Crippen molar-refractivity contribution in [3.63, 3.8) is 0 Å². The van der Waals surface area contributed by atoms with E-state index in [1.165, 1.54) is 6.07 Å². The Labute approximate surface area is 150 Å². The van der Waals surface area contributed by atoms with Crippen LogP contribution < -0.4 is 17.7 Å². The lowest BCUT2D eigenvalue weighted by Crippen LogP contribution is -3.00. The number of nitrogens with one attached hydrogen (secondary N) is 1. The molecule has 2 N–H and O–H groups in total. The SMILES string of the molecule is O=C(O)c1ccc(CNCc2ccc(-c3ccccc3F)o2)cc1.[Cl-]. The fourth-order valence-electron chi connectivity index (χ4n) is 2.37. The molecule has 1 heterocycles. The second kappa shape index (κ2) is 8.46. The van der Waals surface area contributed by atoms with E-state index in [0.29, 0.717) is 30.2 Å². The molecule has 3 aromatic rings. The summed E-state index contributed by atoms with van der Waals surface area (Å²) in [6.45, 7) is 1.07. The van der Waals surface area contributed by atoms with Gasteiger partial charge in [-0.25, -0.2) is 9.18 Å². The summed E-state index contributed by atoms with van der Waals surface area (Å²) in [4.78, 5) is 10.8. The molecule has 4 nitrogen and oxygen atoms in total. The van der Waals surface area contributed by atoms with Gasteiger partial charge in [-0.2, -0.15) is 0 Å². The number of benzene rings is 2. The molecule has 0 radical (unpaired) electrons. The average molecular weight is 361 g/mol. The lowest BCUT2D eigenvalue weighted by atomic mass is 10.1. The van der Waals surface area contributed by atoms with Crippen LogP contribution in [0.15, 0.2) is 65.1 Å². The summed E-state index contributed by atoms with van der Waals surface area (Å²) in [6, 6.07) is 16.7. The van der Waals surface area contributed by atoms with Crippen LogP contribution in [0.3, 0.4) is 0 Å². The lowest BCUT2D eigenvalue weighted by molar-refractivity contribution is -0.0000215. The molecule has 0 amide bonds. The minimum absolute atomic E-state index is 0. The molecule has 6 heteroatoms. The van der Waals surface area contributed by atoms with Gasteiger partial charge in [0.05, 0.1) is 17.7 Å². The maximum absolute atomic E-state index is 13.7. The molecule has 0 saturated heterocycles. The van der Waals surface area contributed by atoms with Gasteiger partial charge in [-0.15, -0.1) is 0 Å². The zero-order valence-electron chi connectivity index (χ0n) is 13.2. The third kappa shape index (κ3) is 4.68. The lowest BCUT2D eigenvalue weighted by Gasteiger charge is -2.04. The Balaban J connectivity index is 0.00000225. The zero-order chi connectivity index (χ0) is 16.9. The van der Waals surface area contributed by atoms with Gasteiger partial charge in [0.25, 0.3) is 0 Å². The third-order valence-electron chi connectivity index (χ3n) is 3.63. The number of rotatable bonds is 6. The first-order chi connectivity index (χ1) is 11.6. The minimum atomic E-state index is -0.939. The average Bonchev–Trinajstić information content (AvgIpc) is 3.04. The largest absolute Gasteiger partial charge is 1.00 e. The Kier molecular flexibility index (Phi) is 6.33. The Bertz CT molecular complexity index is 846. The standard InChI is InChI=1S/C19H16FNO3.ClH/c20-17-4-2-1-3-16(17)18-10-9-15(24-18)12-21-11-13-5-7-14(8-6-13)19(22)23;/h1-10,21H,11-12H2,(H,22,23);1H/p-1. The highest BCUT2D eigenvalue weighted by atomic mass is 35.5. The van der Waals surface area contributed by atoms with E-state index in [2.05, 4.69) is 5.32 Å². The van der Waals surface area contributed by atoms with Gasteiger partial charge in [0.1, 0.15) is 17.3 Å². The molecule has 130 valence electrons. The number of hydrogen-bond donors (Lipinski definition) is 2. The maximum Gasteiger partial charge on any atom is 0.335 e. The molecular weight excluding hydrogens is 345 g/mol. The summed E-state index contributed by atoms with van der Waals surface area (Å²) in [5.41, 5.74) is 1.67. The number of carbonyl (C=O) groups is 1. The maximum atomic E-state index is 13.7. The van der Waals surface area contributed by atoms with Crippen LogP contribution in [0, 0.1) is 5.82 Å². The van der Waals surface area contributed by atoms with Gasteiger partial charge < -0.3 is 27.2 Å². The first-order valence-electron chi connectivity index (χ1n) is 7.50. The molecule has 2 aromatic carbocycles. The quantitative estimate of drug-likeness (QED) is 0.690. The van der Waals surface area contributed by atoms with Crippen LogP contribution in [0.5, 0.6) is 0 Å². The molecular formula is C19H16ClFNO3-. The van der Waals surface area contributed by atoms with Crippen LogP contribution in [-0.4, -0.2) is 11.1 Å². The second-order valence-electron chi connectivity index (χ2n) is 5.35. The monoisotopic (exact) mass is 360 g/mol. The number of carboxylic acids is 1. The number of halogens is 2. The van der Waals surface area contributed by atoms with Gasteiger partial charge in [0.15, 0.2) is 0 Å². The van der Waals surface area contributed by atoms with Crippen LogP contribution in [-0.2, 0) is 13.1 Å². The predicted molar refractivity (Wildman–Crippen MR) is 88.0 cm³/mol. The van der Waals surface area contributed by atoms with Crippen molar-refractivity contribution in [2.75, 3.05) is 0 Å². The van der Waals surface area contributed by atoms with E-state index >= 15 is 0 Å². The van der Waals surface area contributed by atoms with Crippen molar-refractivity contribution in [1.82, 2.24) is 5.32 Å². The number of hydrogen-bond acceptors (Lipinski definition) is 3. The van der Waals surface area contributed by atoms with Crippen molar-refractivity contribution >= 4 is 5.97 Å². The summed E-state index contributed by atoms with van der Waals surface area (Å²) in [5.74, 6) is -0.0539. The number of carboxylic acid groups (broad SMARTS) is 1. The van der Waals surface area contributed by atoms with Crippen molar-refractivity contribution in [2.24, 2.45) is 0 Å². The summed E-state index contributed by atoms with van der Waals surface area (Å²) in [7, 11) is 0. The Morgan fingerprint density at radius 3 is 2.40 bits per heavy atom. The van der Waals surface area contributed by atoms with Gasteiger partial charge in [0.2, 0.25) is 0 Å². The minimum Gasteiger partial charge on any atom is -1.00 e. The van der Waals surface area contributed by atoms with Crippen LogP contribution >= 0.6 is 0 Å². The van der Waals surface area contributed by atoms with Crippen LogP contribution in [0.1, 0.15) is 21.7 Å². The Morgan fingerprint density at radius 2 is 1.72 bits per heavy atom. The van der Waals surface area contributed by atoms with Gasteiger partial charge in [-0.05, 0) is 42.0 Å². The van der Waals surface area contributed by atoms with Gasteiger partial charge in [-0.1, -0.05) is 24.3 Å². The van der Waals surface area contributed by atoms with E-state index in [1.54, 1.807) is 48.5 Å². The number of aromatic carboxylic acids is 1. The van der Waals surface area contributed by atoms with E-state index in [1.807, 2.05) is 6.07 Å². The Morgan fingerprint density at radius 1 is 1.00 bits per heavy atom. The highest BCUT2D eigenvalue weighted by molar-refractivity contribution is 5.87. The highest BCUT2D eigenvalue weighted by Gasteiger charge is 2.09. The molecule has 0 saturated carbocycles. The predicted octanol–water partition coefficient (Wildman–Crippen LogP) is 1.08. The zero-order valence-corrected chi connectivity index (χ0v) is 14.0. The third-order valence-corrected chi connectivity index (χ3v) is 3.63. The summed E-state index contributed by atoms with van der Waals surface area (Å²) < 4.78 is 19.4. The molecule has 0 aliphatic rings. The molecule has 0 bridgehead atoms. The topological polar surface area (TPSA) is 62.5 Å². The van der Waals surface area contributed by atoms with Crippen LogP contribution in [0.25, 0.3) is 11.3 Å². The molecule has 0 aliphatic carbocycles. The molecule has 0 spiro atoms. The molecule has 0 aliphatic heterocycles. The summed E-state index contributed by atoms with van der Waals surface area (Å²) in [5, 5.41) is 12.1. The van der Waals surface area contributed by atoms with Gasteiger partial charge >= 0.3 is 5.97 Å². The fraction of sp³-hybridized carbons (Fsp3) is 0.105. The first-order valence-corrected chi connectivity index (χ1v) is 7.50. The molecule has 0 fully saturated rings. The van der Waals surface area contributed by atoms with Crippen LogP contribution in [0.2, 0.25) is 0 Å². The molecule has 3 rings (SSSR count). The van der Waals surface area contributed by atoms with Crippen molar-refractivity contribution in [3.8, 4) is 11.3 Å². The Hall–Kier alpha value is -2.63. The van der Waals surface area contributed by atoms with Gasteiger partial charge in [-0.3, -0.25) is 0 Å². The van der Waals surface area contributed by atoms with Crippen molar-refractivity contribution in [2.45, 2.75) is 13.1 Å². The van der Waals surface area contributed by atoms with E-state index in [9.17, 15) is 9.18 Å². The normalized spacial score (nSPS) is 10.3. The molecule has 0 unspecified atom stereocenters. The molecule has 1 aromatic heterocycles. The van der Waals surface area contributed by atoms with E-state index in [-0.39, 0.29) is 23.8 Å². The molecule has 25 heavy (non-hydrogen) atoms. The summed E-state index contributed by atoms with van der Waals surface area (Å²) in [6.07, 6.45) is 0. The van der Waals surface area contributed by atoms with E-state index in [4.69, 9.17) is 9.52 Å². The van der Waals surface area contributed by atoms with Crippen molar-refractivity contribution in [1.29, 1.82) is 0 Å². The fourth-order valence-corrected chi connectivity index (χ4v) is 2.37. The van der Waals surface area contributed by atoms with Crippen LogP contribution in [0.4, 0.5) is 4.39 Å². The van der Waals surface area contributed by atoms with Crippen molar-refractivity contribution in [3.05, 3.63) is 83.4 Å². The first kappa shape index (κ1) is 18.7. The summed E-state index contributed by atoms with van der Waals surface area (Å²) >= 11 is 0. The van der Waals surface area contributed by atoms with Gasteiger partial charge in [0, 0.05) is 6.54 Å². The van der Waals surface area contributed by atoms with E-state index < -0.39 is 5.97 Å². The highest BCUT2D eigenvalue weighted by Crippen LogP contribution is 2.24. The smallest absolute Gasteiger partial charge is 0.335 e. The number of furan rings is 1.